The second-order valence-corrected chi connectivity index (χ2v) is 4.60. The highest BCUT2D eigenvalue weighted by Crippen LogP contribution is 2.33. The van der Waals surface area contributed by atoms with Gasteiger partial charge >= 0.3 is 5.97 Å². The van der Waals surface area contributed by atoms with E-state index in [1.165, 1.54) is 0 Å². The quantitative estimate of drug-likeness (QED) is 0.888. The van der Waals surface area contributed by atoms with Gasteiger partial charge in [0.2, 0.25) is 5.60 Å². The molecular weight excluding hydrogens is 230 g/mol. The fourth-order valence-corrected chi connectivity index (χ4v) is 2.34. The lowest BCUT2D eigenvalue weighted by atomic mass is 9.84. The molecule has 4 nitrogen and oxygen atoms in total. The van der Waals surface area contributed by atoms with Crippen LogP contribution in [0, 0.1) is 11.3 Å². The van der Waals surface area contributed by atoms with Gasteiger partial charge in [0.05, 0.1) is 11.6 Å². The van der Waals surface area contributed by atoms with Crippen LogP contribution in [0.4, 0.5) is 0 Å². The Balaban J connectivity index is 2.23. The first-order valence-electron chi connectivity index (χ1n) is 6.09. The first kappa shape index (κ1) is 12.4. The Labute approximate surface area is 106 Å². The number of nitrogens with zero attached hydrogens (tertiary/aromatic N) is 1. The van der Waals surface area contributed by atoms with Crippen molar-refractivity contribution in [2.45, 2.75) is 37.7 Å². The van der Waals surface area contributed by atoms with E-state index in [9.17, 15) is 9.90 Å². The molecule has 0 atom stereocenters. The van der Waals surface area contributed by atoms with Crippen molar-refractivity contribution in [1.29, 1.82) is 5.26 Å². The van der Waals surface area contributed by atoms with Crippen molar-refractivity contribution in [2.75, 3.05) is 0 Å². The number of aliphatic carboxylic acids is 1. The van der Waals surface area contributed by atoms with Crippen molar-refractivity contribution < 1.29 is 14.6 Å². The second-order valence-electron chi connectivity index (χ2n) is 4.60. The third-order valence-corrected chi connectivity index (χ3v) is 3.33. The van der Waals surface area contributed by atoms with Crippen LogP contribution in [0.3, 0.4) is 0 Å². The smallest absolute Gasteiger partial charge is 0.348 e. The summed E-state index contributed by atoms with van der Waals surface area (Å²) in [5, 5.41) is 18.2. The summed E-state index contributed by atoms with van der Waals surface area (Å²) >= 11 is 0. The van der Waals surface area contributed by atoms with Crippen LogP contribution in [0.1, 0.15) is 37.7 Å². The van der Waals surface area contributed by atoms with Gasteiger partial charge in [-0.25, -0.2) is 4.79 Å². The number of hydrogen-bond donors (Lipinski definition) is 1. The third kappa shape index (κ3) is 2.45. The van der Waals surface area contributed by atoms with Crippen LogP contribution in [-0.2, 0) is 4.79 Å². The highest BCUT2D eigenvalue weighted by molar-refractivity contribution is 5.78. The molecule has 1 fully saturated rings. The van der Waals surface area contributed by atoms with E-state index >= 15 is 0 Å². The molecular formula is C14H15NO3. The molecule has 0 aliphatic heterocycles. The normalized spacial score (nSPS) is 17.7. The Bertz CT molecular complexity index is 484. The Morgan fingerprint density at radius 3 is 2.67 bits per heavy atom. The van der Waals surface area contributed by atoms with Gasteiger partial charge in [0.1, 0.15) is 5.75 Å². The Hall–Kier alpha value is -2.02. The fraction of sp³-hybridized carbons (Fsp3) is 0.429. The second kappa shape index (κ2) is 5.09. The minimum absolute atomic E-state index is 0.457. The van der Waals surface area contributed by atoms with Gasteiger partial charge < -0.3 is 9.84 Å². The summed E-state index contributed by atoms with van der Waals surface area (Å²) in [5.41, 5.74) is -0.643. The highest BCUT2D eigenvalue weighted by Gasteiger charge is 2.42. The van der Waals surface area contributed by atoms with Gasteiger partial charge in [0.15, 0.2) is 0 Å². The molecule has 4 heteroatoms. The molecule has 1 N–H and O–H groups in total. The lowest BCUT2D eigenvalue weighted by molar-refractivity contribution is -0.158. The summed E-state index contributed by atoms with van der Waals surface area (Å²) in [6, 6.07) is 8.66. The highest BCUT2D eigenvalue weighted by atomic mass is 16.5. The summed E-state index contributed by atoms with van der Waals surface area (Å²) < 4.78 is 5.70. The standard InChI is InChI=1S/C14H15NO3/c15-10-11-5-4-6-12(9-11)18-14(13(16)17)7-2-1-3-8-14/h4-6,9H,1-3,7-8H2,(H,16,17). The number of hydrogen-bond acceptors (Lipinski definition) is 3. The predicted molar refractivity (Wildman–Crippen MR) is 65.2 cm³/mol. The van der Waals surface area contributed by atoms with Crippen LogP contribution in [0.5, 0.6) is 5.75 Å². The molecule has 0 radical (unpaired) electrons. The summed E-state index contributed by atoms with van der Waals surface area (Å²) in [4.78, 5) is 11.4. The Morgan fingerprint density at radius 1 is 1.33 bits per heavy atom. The number of rotatable bonds is 3. The van der Waals surface area contributed by atoms with Crippen molar-refractivity contribution in [2.24, 2.45) is 0 Å². The molecule has 1 aliphatic carbocycles. The zero-order valence-corrected chi connectivity index (χ0v) is 10.1. The number of carboxylic acid groups (broad SMARTS) is 1. The lowest BCUT2D eigenvalue weighted by Crippen LogP contribution is -2.46. The molecule has 0 unspecified atom stereocenters. The largest absolute Gasteiger partial charge is 0.478 e. The summed E-state index contributed by atoms with van der Waals surface area (Å²) in [6.45, 7) is 0. The van der Waals surface area contributed by atoms with E-state index in [4.69, 9.17) is 10.00 Å². The molecule has 0 amide bonds. The molecule has 94 valence electrons. The number of ether oxygens (including phenoxy) is 1. The Kier molecular flexibility index (Phi) is 3.52. The first-order valence-corrected chi connectivity index (χ1v) is 6.09. The fourth-order valence-electron chi connectivity index (χ4n) is 2.34. The average Bonchev–Trinajstić information content (AvgIpc) is 2.40. The van der Waals surface area contributed by atoms with Crippen molar-refractivity contribution >= 4 is 5.97 Å². The van der Waals surface area contributed by atoms with Crippen LogP contribution in [0.15, 0.2) is 24.3 Å². The molecule has 0 saturated heterocycles. The number of nitriles is 1. The van der Waals surface area contributed by atoms with Crippen molar-refractivity contribution in [3.05, 3.63) is 29.8 Å². The van der Waals surface area contributed by atoms with E-state index in [2.05, 4.69) is 0 Å². The van der Waals surface area contributed by atoms with Gasteiger partial charge in [-0.15, -0.1) is 0 Å². The zero-order valence-electron chi connectivity index (χ0n) is 10.1. The lowest BCUT2D eigenvalue weighted by Gasteiger charge is -2.33. The maximum Gasteiger partial charge on any atom is 0.348 e. The first-order chi connectivity index (χ1) is 8.66. The van der Waals surface area contributed by atoms with Gasteiger partial charge in [-0.05, 0) is 43.9 Å². The molecule has 1 aromatic rings. The molecule has 1 aliphatic rings. The average molecular weight is 245 g/mol. The zero-order chi connectivity index (χ0) is 13.0. The topological polar surface area (TPSA) is 70.3 Å². The minimum Gasteiger partial charge on any atom is -0.478 e. The maximum absolute atomic E-state index is 11.4. The third-order valence-electron chi connectivity index (χ3n) is 3.33. The van der Waals surface area contributed by atoms with E-state index in [0.29, 0.717) is 24.2 Å². The summed E-state index contributed by atoms with van der Waals surface area (Å²) in [6.07, 6.45) is 3.84. The molecule has 1 aromatic carbocycles. The van der Waals surface area contributed by atoms with Crippen LogP contribution in [0.25, 0.3) is 0 Å². The molecule has 0 aromatic heterocycles. The molecule has 2 rings (SSSR count). The number of benzene rings is 1. The molecule has 0 bridgehead atoms. The molecule has 0 spiro atoms. The van der Waals surface area contributed by atoms with Crippen LogP contribution in [-0.4, -0.2) is 16.7 Å². The van der Waals surface area contributed by atoms with Crippen molar-refractivity contribution in [1.82, 2.24) is 0 Å². The predicted octanol–water partition coefficient (Wildman–Crippen LogP) is 2.72. The van der Waals surface area contributed by atoms with E-state index in [0.717, 1.165) is 19.3 Å². The van der Waals surface area contributed by atoms with Crippen LogP contribution < -0.4 is 4.74 Å². The molecule has 18 heavy (non-hydrogen) atoms. The SMILES string of the molecule is N#Cc1cccc(OC2(C(=O)O)CCCCC2)c1. The number of carboxylic acids is 1. The number of carbonyl (C=O) groups is 1. The molecule has 0 heterocycles. The van der Waals surface area contributed by atoms with Gasteiger partial charge in [0.25, 0.3) is 0 Å². The van der Waals surface area contributed by atoms with Crippen molar-refractivity contribution in [3.63, 3.8) is 0 Å². The van der Waals surface area contributed by atoms with Crippen LogP contribution in [0.2, 0.25) is 0 Å². The van der Waals surface area contributed by atoms with Gasteiger partial charge in [0, 0.05) is 0 Å². The summed E-state index contributed by atoms with van der Waals surface area (Å²) in [5.74, 6) is -0.456. The minimum atomic E-state index is -1.12. The van der Waals surface area contributed by atoms with Gasteiger partial charge in [-0.1, -0.05) is 12.5 Å². The molecule has 1 saturated carbocycles. The van der Waals surface area contributed by atoms with E-state index in [-0.39, 0.29) is 0 Å². The maximum atomic E-state index is 11.4. The summed E-state index contributed by atoms with van der Waals surface area (Å²) in [7, 11) is 0. The van der Waals surface area contributed by atoms with Crippen molar-refractivity contribution in [3.8, 4) is 11.8 Å². The van der Waals surface area contributed by atoms with E-state index in [1.54, 1.807) is 24.3 Å². The Morgan fingerprint density at radius 2 is 2.06 bits per heavy atom. The van der Waals surface area contributed by atoms with Gasteiger partial charge in [-0.3, -0.25) is 0 Å². The van der Waals surface area contributed by atoms with Gasteiger partial charge in [-0.2, -0.15) is 5.26 Å². The van der Waals surface area contributed by atoms with E-state index < -0.39 is 11.6 Å². The van der Waals surface area contributed by atoms with E-state index in [1.807, 2.05) is 6.07 Å². The van der Waals surface area contributed by atoms with Crippen LogP contribution >= 0.6 is 0 Å². The monoisotopic (exact) mass is 245 g/mol.